The average molecular weight is 299 g/mol. The third-order valence-corrected chi connectivity index (χ3v) is 2.62. The summed E-state index contributed by atoms with van der Waals surface area (Å²) in [4.78, 5) is 29.4. The van der Waals surface area contributed by atoms with Crippen molar-refractivity contribution in [2.45, 2.75) is 6.54 Å². The highest BCUT2D eigenvalue weighted by molar-refractivity contribution is 6.26. The molecule has 1 heterocycles. The molecule has 0 atom stereocenters. The summed E-state index contributed by atoms with van der Waals surface area (Å²) in [6.07, 6.45) is 4.36. The van der Waals surface area contributed by atoms with Crippen LogP contribution in [-0.4, -0.2) is 22.0 Å². The van der Waals surface area contributed by atoms with Gasteiger partial charge in [-0.05, 0) is 23.8 Å². The molecule has 0 aliphatic carbocycles. The molecular weight excluding hydrogens is 286 g/mol. The molecule has 0 fully saturated rings. The van der Waals surface area contributed by atoms with Crippen LogP contribution in [-0.2, 0) is 11.3 Å². The lowest BCUT2D eigenvalue weighted by Gasteiger charge is -2.04. The molecule has 0 aliphatic rings. The van der Waals surface area contributed by atoms with Gasteiger partial charge in [0.1, 0.15) is 0 Å². The second kappa shape index (κ2) is 7.60. The Kier molecular flexibility index (Phi) is 5.27. The maximum Gasteiger partial charge on any atom is 0.276 e. The third-order valence-electron chi connectivity index (χ3n) is 2.62. The van der Waals surface area contributed by atoms with E-state index in [4.69, 9.17) is 0 Å². The van der Waals surface area contributed by atoms with E-state index in [-0.39, 0.29) is 5.69 Å². The van der Waals surface area contributed by atoms with E-state index < -0.39 is 10.8 Å². The molecule has 0 saturated heterocycles. The predicted molar refractivity (Wildman–Crippen MR) is 80.5 cm³/mol. The first-order chi connectivity index (χ1) is 10.6. The monoisotopic (exact) mass is 299 g/mol. The SMILES string of the molecule is O=C(C=Nc1cccc([N+](=O)[O-])c1)NNCc1ccncc1. The number of nitrogens with zero attached hydrogens (tertiary/aromatic N) is 3. The molecule has 2 aromatic rings. The fourth-order valence-electron chi connectivity index (χ4n) is 1.59. The molecule has 22 heavy (non-hydrogen) atoms. The summed E-state index contributed by atoms with van der Waals surface area (Å²) in [6.45, 7) is 0.443. The normalized spacial score (nSPS) is 10.5. The standard InChI is InChI=1S/C14H13N5O3/c20-14(18-17-9-11-4-6-15-7-5-11)10-16-12-2-1-3-13(8-12)19(21)22/h1-8,10,17H,9H2,(H,18,20). The molecule has 0 spiro atoms. The number of hydrogen-bond donors (Lipinski definition) is 2. The first-order valence-corrected chi connectivity index (χ1v) is 6.35. The molecule has 0 saturated carbocycles. The number of nitro groups is 1. The number of aliphatic imine (C=N–C) groups is 1. The van der Waals surface area contributed by atoms with Gasteiger partial charge in [0, 0.05) is 31.1 Å². The molecule has 112 valence electrons. The van der Waals surface area contributed by atoms with Crippen molar-refractivity contribution < 1.29 is 9.72 Å². The minimum Gasteiger partial charge on any atom is -0.286 e. The van der Waals surface area contributed by atoms with Crippen LogP contribution >= 0.6 is 0 Å². The summed E-state index contributed by atoms with van der Waals surface area (Å²) >= 11 is 0. The zero-order chi connectivity index (χ0) is 15.8. The Labute approximate surface area is 126 Å². The first kappa shape index (κ1) is 15.3. The number of amides is 1. The first-order valence-electron chi connectivity index (χ1n) is 6.35. The van der Waals surface area contributed by atoms with Gasteiger partial charge in [0.25, 0.3) is 11.6 Å². The lowest BCUT2D eigenvalue weighted by Crippen LogP contribution is -2.37. The fraction of sp³-hybridized carbons (Fsp3) is 0.0714. The smallest absolute Gasteiger partial charge is 0.276 e. The van der Waals surface area contributed by atoms with Crippen LogP contribution in [0.1, 0.15) is 5.56 Å². The van der Waals surface area contributed by atoms with Crippen molar-refractivity contribution in [2.24, 2.45) is 4.99 Å². The minimum absolute atomic E-state index is 0.0779. The number of carbonyl (C=O) groups excluding carboxylic acids is 1. The van der Waals surface area contributed by atoms with Gasteiger partial charge in [-0.25, -0.2) is 5.43 Å². The van der Waals surface area contributed by atoms with E-state index in [1.807, 2.05) is 12.1 Å². The van der Waals surface area contributed by atoms with Crippen molar-refractivity contribution in [3.8, 4) is 0 Å². The third kappa shape index (κ3) is 4.76. The molecule has 2 N–H and O–H groups in total. The number of nitro benzene ring substituents is 1. The van der Waals surface area contributed by atoms with E-state index in [0.717, 1.165) is 11.8 Å². The van der Waals surface area contributed by atoms with E-state index >= 15 is 0 Å². The lowest BCUT2D eigenvalue weighted by molar-refractivity contribution is -0.384. The number of carbonyl (C=O) groups is 1. The molecule has 2 rings (SSSR count). The van der Waals surface area contributed by atoms with Gasteiger partial charge in [-0.15, -0.1) is 0 Å². The molecule has 8 nitrogen and oxygen atoms in total. The predicted octanol–water partition coefficient (Wildman–Crippen LogP) is 1.51. The van der Waals surface area contributed by atoms with E-state index in [1.54, 1.807) is 18.5 Å². The van der Waals surface area contributed by atoms with E-state index in [2.05, 4.69) is 20.8 Å². The van der Waals surface area contributed by atoms with Gasteiger partial charge < -0.3 is 0 Å². The van der Waals surface area contributed by atoms with Gasteiger partial charge in [-0.3, -0.25) is 30.3 Å². The van der Waals surface area contributed by atoms with Crippen LogP contribution in [0.2, 0.25) is 0 Å². The highest BCUT2D eigenvalue weighted by atomic mass is 16.6. The number of hydrogen-bond acceptors (Lipinski definition) is 6. The highest BCUT2D eigenvalue weighted by Gasteiger charge is 2.04. The van der Waals surface area contributed by atoms with Crippen molar-refractivity contribution in [3.05, 3.63) is 64.5 Å². The molecule has 8 heteroatoms. The summed E-state index contributed by atoms with van der Waals surface area (Å²) in [6, 6.07) is 9.35. The Morgan fingerprint density at radius 1 is 1.32 bits per heavy atom. The van der Waals surface area contributed by atoms with Crippen LogP contribution < -0.4 is 10.9 Å². The van der Waals surface area contributed by atoms with Crippen molar-refractivity contribution in [1.29, 1.82) is 0 Å². The Bertz CT molecular complexity index is 688. The van der Waals surface area contributed by atoms with Crippen molar-refractivity contribution in [1.82, 2.24) is 15.8 Å². The van der Waals surface area contributed by atoms with Crippen LogP contribution in [0, 0.1) is 10.1 Å². The maximum atomic E-state index is 11.6. The summed E-state index contributed by atoms with van der Waals surface area (Å²) in [5, 5.41) is 10.6. The second-order valence-corrected chi connectivity index (χ2v) is 4.23. The van der Waals surface area contributed by atoms with Gasteiger partial charge in [-0.2, -0.15) is 0 Å². The van der Waals surface area contributed by atoms with E-state index in [1.165, 1.54) is 18.2 Å². The van der Waals surface area contributed by atoms with Gasteiger partial charge in [-0.1, -0.05) is 6.07 Å². The van der Waals surface area contributed by atoms with Crippen molar-refractivity contribution in [3.63, 3.8) is 0 Å². The molecule has 0 unspecified atom stereocenters. The van der Waals surface area contributed by atoms with Crippen LogP contribution in [0.4, 0.5) is 11.4 Å². The van der Waals surface area contributed by atoms with Gasteiger partial charge in [0.05, 0.1) is 16.8 Å². The van der Waals surface area contributed by atoms with Crippen molar-refractivity contribution >= 4 is 23.5 Å². The summed E-state index contributed by atoms with van der Waals surface area (Å²) < 4.78 is 0. The zero-order valence-electron chi connectivity index (χ0n) is 11.5. The largest absolute Gasteiger partial charge is 0.286 e. The number of nitrogens with one attached hydrogen (secondary N) is 2. The number of non-ortho nitro benzene ring substituents is 1. The number of pyridine rings is 1. The minimum atomic E-state index is -0.518. The summed E-state index contributed by atoms with van der Waals surface area (Å²) in [7, 11) is 0. The number of hydrazine groups is 1. The lowest BCUT2D eigenvalue weighted by atomic mass is 10.3. The molecule has 1 aromatic carbocycles. The number of aromatic nitrogens is 1. The Morgan fingerprint density at radius 3 is 2.82 bits per heavy atom. The van der Waals surface area contributed by atoms with Gasteiger partial charge in [0.15, 0.2) is 0 Å². The fourth-order valence-corrected chi connectivity index (χ4v) is 1.59. The van der Waals surface area contributed by atoms with Crippen LogP contribution in [0.5, 0.6) is 0 Å². The summed E-state index contributed by atoms with van der Waals surface area (Å²) in [5.41, 5.74) is 6.40. The molecule has 0 bridgehead atoms. The molecule has 0 aliphatic heterocycles. The zero-order valence-corrected chi connectivity index (χ0v) is 11.5. The van der Waals surface area contributed by atoms with E-state index in [9.17, 15) is 14.9 Å². The Hall–Kier alpha value is -3.13. The quantitative estimate of drug-likeness (QED) is 0.477. The highest BCUT2D eigenvalue weighted by Crippen LogP contribution is 2.18. The average Bonchev–Trinajstić information content (AvgIpc) is 2.54. The van der Waals surface area contributed by atoms with Crippen LogP contribution in [0.3, 0.4) is 0 Å². The second-order valence-electron chi connectivity index (χ2n) is 4.23. The Morgan fingerprint density at radius 2 is 2.09 bits per heavy atom. The van der Waals surface area contributed by atoms with Crippen LogP contribution in [0.25, 0.3) is 0 Å². The maximum absolute atomic E-state index is 11.6. The number of rotatable bonds is 6. The van der Waals surface area contributed by atoms with Crippen molar-refractivity contribution in [2.75, 3.05) is 0 Å². The molecule has 1 amide bonds. The van der Waals surface area contributed by atoms with Gasteiger partial charge >= 0.3 is 0 Å². The summed E-state index contributed by atoms with van der Waals surface area (Å²) in [5.74, 6) is -0.458. The van der Waals surface area contributed by atoms with Gasteiger partial charge in [0.2, 0.25) is 0 Å². The molecule has 0 radical (unpaired) electrons. The molecular formula is C14H13N5O3. The van der Waals surface area contributed by atoms with Crippen LogP contribution in [0.15, 0.2) is 53.8 Å². The molecule has 1 aromatic heterocycles. The topological polar surface area (TPSA) is 110 Å². The van der Waals surface area contributed by atoms with E-state index in [0.29, 0.717) is 12.2 Å². The Balaban J connectivity index is 1.84. The number of benzene rings is 1.